The molecule has 4 N–H and O–H groups in total. The van der Waals surface area contributed by atoms with Crippen molar-refractivity contribution in [3.8, 4) is 0 Å². The first kappa shape index (κ1) is 21.3. The van der Waals surface area contributed by atoms with E-state index in [1.54, 1.807) is 46.8 Å². The van der Waals surface area contributed by atoms with Crippen molar-refractivity contribution in [1.29, 1.82) is 0 Å². The van der Waals surface area contributed by atoms with Gasteiger partial charge in [0.1, 0.15) is 5.82 Å². The first-order valence-electron chi connectivity index (χ1n) is 10.1. The van der Waals surface area contributed by atoms with Crippen molar-refractivity contribution in [3.63, 3.8) is 0 Å². The van der Waals surface area contributed by atoms with Gasteiger partial charge in [-0.3, -0.25) is 14.8 Å². The van der Waals surface area contributed by atoms with Gasteiger partial charge in [0.25, 0.3) is 11.8 Å². The van der Waals surface area contributed by atoms with Crippen LogP contribution in [0.15, 0.2) is 66.7 Å². The second-order valence-electron chi connectivity index (χ2n) is 7.59. The Labute approximate surface area is 184 Å². The van der Waals surface area contributed by atoms with Crippen molar-refractivity contribution in [3.05, 3.63) is 100 Å². The maximum absolute atomic E-state index is 13.6. The van der Waals surface area contributed by atoms with E-state index in [0.29, 0.717) is 47.5 Å². The molecule has 0 fully saturated rings. The number of hydrogen-bond acceptors (Lipinski definition) is 4. The van der Waals surface area contributed by atoms with E-state index in [1.165, 1.54) is 12.1 Å². The smallest absolute Gasteiger partial charge is 0.274 e. The molecule has 0 saturated carbocycles. The monoisotopic (exact) mass is 431 g/mol. The van der Waals surface area contributed by atoms with E-state index in [1.807, 2.05) is 24.3 Å². The largest absolute Gasteiger partial charge is 0.398 e. The van der Waals surface area contributed by atoms with E-state index in [2.05, 4.69) is 0 Å². The van der Waals surface area contributed by atoms with Crippen LogP contribution in [-0.2, 0) is 17.8 Å². The summed E-state index contributed by atoms with van der Waals surface area (Å²) in [5.74, 6) is -1.22. The number of halogens is 1. The molecule has 6 nitrogen and oxygen atoms in total. The van der Waals surface area contributed by atoms with Gasteiger partial charge in [-0.1, -0.05) is 36.4 Å². The summed E-state index contributed by atoms with van der Waals surface area (Å²) in [6, 6.07) is 18.1. The number of para-hydroxylation sites is 1. The van der Waals surface area contributed by atoms with Crippen LogP contribution in [0.25, 0.3) is 11.6 Å². The van der Waals surface area contributed by atoms with Gasteiger partial charge in [-0.15, -0.1) is 0 Å². The lowest BCUT2D eigenvalue weighted by atomic mass is 9.95. The summed E-state index contributed by atoms with van der Waals surface area (Å²) in [5.41, 5.74) is 12.1. The Hall–Kier alpha value is -3.97. The molecule has 32 heavy (non-hydrogen) atoms. The van der Waals surface area contributed by atoms with Gasteiger partial charge < -0.3 is 10.6 Å². The van der Waals surface area contributed by atoms with Crippen LogP contribution in [0.2, 0.25) is 0 Å². The summed E-state index contributed by atoms with van der Waals surface area (Å²) in [4.78, 5) is 27.1. The molecule has 4 rings (SSSR count). The second-order valence-corrected chi connectivity index (χ2v) is 7.59. The Morgan fingerprint density at radius 3 is 2.44 bits per heavy atom. The highest BCUT2D eigenvalue weighted by Crippen LogP contribution is 2.27. The van der Waals surface area contributed by atoms with Crippen LogP contribution in [0.3, 0.4) is 0 Å². The standard InChI is InChI=1S/C25H22FN3O3/c26-21-9-7-17(8-10-21)22(14-18-3-1-2-4-23(18)27)25(31)29-12-11-16-5-6-19(24(30)28-32)13-20(16)15-29/h1-10,13-14,32H,11-12,15,27H2,(H,28,30). The number of carbonyl (C=O) groups is 2. The van der Waals surface area contributed by atoms with Gasteiger partial charge in [0.05, 0.1) is 0 Å². The fourth-order valence-corrected chi connectivity index (χ4v) is 3.80. The molecule has 0 spiro atoms. The van der Waals surface area contributed by atoms with Gasteiger partial charge in [0.2, 0.25) is 0 Å². The van der Waals surface area contributed by atoms with Gasteiger partial charge in [0.15, 0.2) is 0 Å². The summed E-state index contributed by atoms with van der Waals surface area (Å²) in [6.45, 7) is 0.809. The number of nitrogens with zero attached hydrogens (tertiary/aromatic N) is 1. The Morgan fingerprint density at radius 1 is 1.00 bits per heavy atom. The van der Waals surface area contributed by atoms with Crippen molar-refractivity contribution in [2.75, 3.05) is 12.3 Å². The molecular weight excluding hydrogens is 409 g/mol. The fourth-order valence-electron chi connectivity index (χ4n) is 3.80. The van der Waals surface area contributed by atoms with Crippen molar-refractivity contribution in [2.24, 2.45) is 0 Å². The van der Waals surface area contributed by atoms with Gasteiger partial charge in [0, 0.05) is 29.9 Å². The average molecular weight is 431 g/mol. The molecule has 3 aromatic rings. The minimum absolute atomic E-state index is 0.220. The number of nitrogens with one attached hydrogen (secondary N) is 1. The van der Waals surface area contributed by atoms with Gasteiger partial charge in [-0.2, -0.15) is 0 Å². The first-order chi connectivity index (χ1) is 15.5. The predicted molar refractivity (Wildman–Crippen MR) is 120 cm³/mol. The van der Waals surface area contributed by atoms with E-state index >= 15 is 0 Å². The number of anilines is 1. The maximum atomic E-state index is 13.6. The highest BCUT2D eigenvalue weighted by atomic mass is 19.1. The van der Waals surface area contributed by atoms with Gasteiger partial charge in [-0.05, 0) is 65.1 Å². The molecule has 7 heteroatoms. The zero-order chi connectivity index (χ0) is 22.7. The Bertz CT molecular complexity index is 1210. The van der Waals surface area contributed by atoms with Gasteiger partial charge in [-0.25, -0.2) is 9.87 Å². The van der Waals surface area contributed by atoms with Crippen LogP contribution in [0.1, 0.15) is 32.6 Å². The van der Waals surface area contributed by atoms with E-state index in [4.69, 9.17) is 10.9 Å². The molecule has 0 saturated heterocycles. The lowest BCUT2D eigenvalue weighted by Gasteiger charge is -2.30. The number of carbonyl (C=O) groups excluding carboxylic acids is 2. The van der Waals surface area contributed by atoms with Crippen LogP contribution < -0.4 is 11.2 Å². The molecule has 1 aliphatic heterocycles. The number of nitrogen functional groups attached to an aromatic ring is 1. The zero-order valence-electron chi connectivity index (χ0n) is 17.2. The zero-order valence-corrected chi connectivity index (χ0v) is 17.2. The van der Waals surface area contributed by atoms with Crippen molar-refractivity contribution < 1.29 is 19.2 Å². The lowest BCUT2D eigenvalue weighted by molar-refractivity contribution is -0.125. The molecule has 0 radical (unpaired) electrons. The van der Waals surface area contributed by atoms with Crippen molar-refractivity contribution >= 4 is 29.2 Å². The summed E-state index contributed by atoms with van der Waals surface area (Å²) < 4.78 is 13.5. The van der Waals surface area contributed by atoms with Crippen LogP contribution in [0.5, 0.6) is 0 Å². The molecule has 3 aromatic carbocycles. The Balaban J connectivity index is 1.70. The molecule has 1 aliphatic rings. The molecular formula is C25H22FN3O3. The van der Waals surface area contributed by atoms with E-state index in [9.17, 15) is 14.0 Å². The summed E-state index contributed by atoms with van der Waals surface area (Å²) in [7, 11) is 0. The Morgan fingerprint density at radius 2 is 1.72 bits per heavy atom. The third-order valence-electron chi connectivity index (χ3n) is 5.55. The lowest BCUT2D eigenvalue weighted by Crippen LogP contribution is -2.36. The van der Waals surface area contributed by atoms with Crippen LogP contribution in [-0.4, -0.2) is 28.5 Å². The Kier molecular flexibility index (Phi) is 6.00. The highest BCUT2D eigenvalue weighted by molar-refractivity contribution is 6.24. The topological polar surface area (TPSA) is 95.7 Å². The quantitative estimate of drug-likeness (QED) is 0.193. The van der Waals surface area contributed by atoms with Crippen LogP contribution in [0.4, 0.5) is 10.1 Å². The van der Waals surface area contributed by atoms with Gasteiger partial charge >= 0.3 is 0 Å². The molecule has 0 bridgehead atoms. The number of hydroxylamine groups is 1. The number of amides is 2. The molecule has 0 unspecified atom stereocenters. The molecule has 0 aromatic heterocycles. The van der Waals surface area contributed by atoms with E-state index in [-0.39, 0.29) is 11.7 Å². The van der Waals surface area contributed by atoms with E-state index in [0.717, 1.165) is 11.1 Å². The maximum Gasteiger partial charge on any atom is 0.274 e. The molecule has 1 heterocycles. The minimum atomic E-state index is -0.609. The van der Waals surface area contributed by atoms with Crippen LogP contribution >= 0.6 is 0 Å². The molecule has 0 atom stereocenters. The summed E-state index contributed by atoms with van der Waals surface area (Å²) >= 11 is 0. The highest BCUT2D eigenvalue weighted by Gasteiger charge is 2.25. The third-order valence-corrected chi connectivity index (χ3v) is 5.55. The van der Waals surface area contributed by atoms with Crippen molar-refractivity contribution in [2.45, 2.75) is 13.0 Å². The number of rotatable bonds is 4. The normalized spacial score (nSPS) is 13.4. The predicted octanol–water partition coefficient (Wildman–Crippen LogP) is 3.65. The van der Waals surface area contributed by atoms with Crippen LogP contribution in [0, 0.1) is 5.82 Å². The first-order valence-corrected chi connectivity index (χ1v) is 10.1. The van der Waals surface area contributed by atoms with E-state index < -0.39 is 5.91 Å². The average Bonchev–Trinajstić information content (AvgIpc) is 2.82. The SMILES string of the molecule is Nc1ccccc1C=C(C(=O)N1CCc2ccc(C(=O)NO)cc2C1)c1ccc(F)cc1. The fraction of sp³-hybridized carbons (Fsp3) is 0.120. The number of benzene rings is 3. The summed E-state index contributed by atoms with van der Waals surface area (Å²) in [6.07, 6.45) is 2.35. The second kappa shape index (κ2) is 9.03. The minimum Gasteiger partial charge on any atom is -0.398 e. The van der Waals surface area contributed by atoms with Crippen molar-refractivity contribution in [1.82, 2.24) is 10.4 Å². The number of hydrogen-bond donors (Lipinski definition) is 3. The molecule has 0 aliphatic carbocycles. The number of nitrogens with two attached hydrogens (primary N) is 1. The third kappa shape index (κ3) is 4.38. The molecule has 162 valence electrons. The molecule has 2 amide bonds. The summed E-state index contributed by atoms with van der Waals surface area (Å²) in [5, 5.41) is 8.90. The number of fused-ring (bicyclic) bond motifs is 1.